The molecule has 3 rings (SSSR count). The van der Waals surface area contributed by atoms with Gasteiger partial charge >= 0.3 is 6.03 Å². The van der Waals surface area contributed by atoms with Gasteiger partial charge in [0.15, 0.2) is 0 Å². The zero-order valence-corrected chi connectivity index (χ0v) is 15.1. The Morgan fingerprint density at radius 3 is 2.28 bits per heavy atom. The summed E-state index contributed by atoms with van der Waals surface area (Å²) in [6, 6.07) is 14.8. The molecule has 0 aliphatic carbocycles. The van der Waals surface area contributed by atoms with Gasteiger partial charge in [0.2, 0.25) is 0 Å². The number of anilines is 2. The first-order chi connectivity index (χ1) is 12.0. The van der Waals surface area contributed by atoms with Crippen molar-refractivity contribution in [2.24, 2.45) is 0 Å². The molecule has 0 saturated heterocycles. The number of rotatable bonds is 3. The molecular formula is C19H19ClN4O. The summed E-state index contributed by atoms with van der Waals surface area (Å²) in [5.74, 6) is 0. The first kappa shape index (κ1) is 17.0. The van der Waals surface area contributed by atoms with E-state index in [1.807, 2.05) is 69.3 Å². The summed E-state index contributed by atoms with van der Waals surface area (Å²) in [7, 11) is 0. The highest BCUT2D eigenvalue weighted by Crippen LogP contribution is 2.23. The molecule has 0 aliphatic heterocycles. The van der Waals surface area contributed by atoms with E-state index in [4.69, 9.17) is 11.6 Å². The Bertz CT molecular complexity index is 916. The molecule has 25 heavy (non-hydrogen) atoms. The fourth-order valence-corrected chi connectivity index (χ4v) is 2.68. The molecule has 0 atom stereocenters. The average molecular weight is 355 g/mol. The highest BCUT2D eigenvalue weighted by atomic mass is 35.5. The summed E-state index contributed by atoms with van der Waals surface area (Å²) in [4.78, 5) is 12.1. The second-order valence-corrected chi connectivity index (χ2v) is 6.22. The molecule has 0 radical (unpaired) electrons. The topological polar surface area (TPSA) is 59.0 Å². The molecule has 128 valence electrons. The predicted octanol–water partition coefficient (Wildman–Crippen LogP) is 5.09. The Morgan fingerprint density at radius 2 is 1.68 bits per heavy atom. The van der Waals surface area contributed by atoms with Crippen LogP contribution in [0, 0.1) is 20.8 Å². The molecule has 5 nitrogen and oxygen atoms in total. The number of amides is 2. The van der Waals surface area contributed by atoms with Crippen LogP contribution in [0.25, 0.3) is 5.69 Å². The molecule has 6 heteroatoms. The Balaban J connectivity index is 1.71. The van der Waals surface area contributed by atoms with Gasteiger partial charge in [-0.1, -0.05) is 29.8 Å². The van der Waals surface area contributed by atoms with Crippen molar-refractivity contribution >= 4 is 29.0 Å². The number of nitrogens with zero attached hydrogens (tertiary/aromatic N) is 2. The lowest BCUT2D eigenvalue weighted by molar-refractivity contribution is 0.262. The van der Waals surface area contributed by atoms with Gasteiger partial charge in [-0.15, -0.1) is 0 Å². The standard InChI is InChI=1S/C19H19ClN4O/c1-12-6-4-5-7-17(12)22-19(25)21-15-8-10-16(11-9-15)24-14(3)18(20)13(2)23-24/h4-11H,1-3H3,(H2,21,22,25). The Morgan fingerprint density at radius 1 is 1.00 bits per heavy atom. The van der Waals surface area contributed by atoms with Gasteiger partial charge in [0.1, 0.15) is 0 Å². The summed E-state index contributed by atoms with van der Waals surface area (Å²) >= 11 is 6.19. The van der Waals surface area contributed by atoms with Crippen LogP contribution in [-0.4, -0.2) is 15.8 Å². The average Bonchev–Trinajstić information content (AvgIpc) is 2.85. The minimum absolute atomic E-state index is 0.281. The van der Waals surface area contributed by atoms with Crippen molar-refractivity contribution in [2.75, 3.05) is 10.6 Å². The number of benzene rings is 2. The van der Waals surface area contributed by atoms with Crippen LogP contribution in [0.3, 0.4) is 0 Å². The number of halogens is 1. The number of urea groups is 1. The van der Waals surface area contributed by atoms with Crippen LogP contribution >= 0.6 is 11.6 Å². The highest BCUT2D eigenvalue weighted by molar-refractivity contribution is 6.31. The second kappa shape index (κ2) is 6.99. The van der Waals surface area contributed by atoms with E-state index >= 15 is 0 Å². The Hall–Kier alpha value is -2.79. The molecule has 0 saturated carbocycles. The fourth-order valence-electron chi connectivity index (χ4n) is 2.56. The van der Waals surface area contributed by atoms with Crippen molar-refractivity contribution in [3.8, 4) is 5.69 Å². The monoisotopic (exact) mass is 354 g/mol. The van der Waals surface area contributed by atoms with Crippen LogP contribution in [0.1, 0.15) is 17.0 Å². The van der Waals surface area contributed by atoms with Gasteiger partial charge in [-0.2, -0.15) is 5.10 Å². The maximum absolute atomic E-state index is 12.1. The van der Waals surface area contributed by atoms with E-state index in [0.717, 1.165) is 28.3 Å². The van der Waals surface area contributed by atoms with Gasteiger partial charge in [-0.05, 0) is 56.7 Å². The molecule has 3 aromatic rings. The third-order valence-corrected chi connectivity index (χ3v) is 4.51. The highest BCUT2D eigenvalue weighted by Gasteiger charge is 2.11. The van der Waals surface area contributed by atoms with Gasteiger partial charge in [0.25, 0.3) is 0 Å². The molecule has 2 aromatic carbocycles. The van der Waals surface area contributed by atoms with Gasteiger partial charge in [-0.3, -0.25) is 0 Å². The molecule has 0 aliphatic rings. The van der Waals surface area contributed by atoms with Crippen molar-refractivity contribution in [1.82, 2.24) is 9.78 Å². The number of aryl methyl sites for hydroxylation is 2. The van der Waals surface area contributed by atoms with Gasteiger partial charge < -0.3 is 10.6 Å². The van der Waals surface area contributed by atoms with Gasteiger partial charge in [-0.25, -0.2) is 9.48 Å². The smallest absolute Gasteiger partial charge is 0.308 e. The largest absolute Gasteiger partial charge is 0.323 e. The SMILES string of the molecule is Cc1ccccc1NC(=O)Nc1ccc(-n2nc(C)c(Cl)c2C)cc1. The normalized spacial score (nSPS) is 10.6. The van der Waals surface area contributed by atoms with E-state index in [1.165, 1.54) is 0 Å². The van der Waals surface area contributed by atoms with Crippen LogP contribution in [-0.2, 0) is 0 Å². The minimum atomic E-state index is -0.281. The lowest BCUT2D eigenvalue weighted by Gasteiger charge is -2.10. The van der Waals surface area contributed by atoms with Crippen molar-refractivity contribution in [1.29, 1.82) is 0 Å². The van der Waals surface area contributed by atoms with E-state index in [2.05, 4.69) is 15.7 Å². The van der Waals surface area contributed by atoms with E-state index in [0.29, 0.717) is 10.7 Å². The molecule has 2 amide bonds. The van der Waals surface area contributed by atoms with Crippen molar-refractivity contribution in [3.63, 3.8) is 0 Å². The third-order valence-electron chi connectivity index (χ3n) is 3.97. The number of hydrogen-bond donors (Lipinski definition) is 2. The lowest BCUT2D eigenvalue weighted by Crippen LogP contribution is -2.19. The molecule has 0 bridgehead atoms. The van der Waals surface area contributed by atoms with Crippen LogP contribution in [0.15, 0.2) is 48.5 Å². The first-order valence-electron chi connectivity index (χ1n) is 7.91. The number of aromatic nitrogens is 2. The fraction of sp³-hybridized carbons (Fsp3) is 0.158. The van der Waals surface area contributed by atoms with E-state index < -0.39 is 0 Å². The summed E-state index contributed by atoms with van der Waals surface area (Å²) < 4.78 is 1.79. The first-order valence-corrected chi connectivity index (χ1v) is 8.29. The second-order valence-electron chi connectivity index (χ2n) is 5.84. The summed E-state index contributed by atoms with van der Waals surface area (Å²) in [5, 5.41) is 10.7. The van der Waals surface area contributed by atoms with Gasteiger partial charge in [0, 0.05) is 11.4 Å². The zero-order valence-electron chi connectivity index (χ0n) is 14.3. The number of carbonyl (C=O) groups is 1. The van der Waals surface area contributed by atoms with E-state index in [9.17, 15) is 4.79 Å². The molecular weight excluding hydrogens is 336 g/mol. The number of hydrogen-bond acceptors (Lipinski definition) is 2. The van der Waals surface area contributed by atoms with Crippen molar-refractivity contribution in [3.05, 3.63) is 70.5 Å². The molecule has 0 spiro atoms. The Labute approximate surface area is 151 Å². The van der Waals surface area contributed by atoms with Crippen LogP contribution in [0.5, 0.6) is 0 Å². The zero-order chi connectivity index (χ0) is 18.0. The molecule has 1 heterocycles. The summed E-state index contributed by atoms with van der Waals surface area (Å²) in [6.07, 6.45) is 0. The Kier molecular flexibility index (Phi) is 4.76. The third kappa shape index (κ3) is 3.67. The molecule has 2 N–H and O–H groups in total. The van der Waals surface area contributed by atoms with Crippen LogP contribution in [0.4, 0.5) is 16.2 Å². The van der Waals surface area contributed by atoms with Crippen molar-refractivity contribution in [2.45, 2.75) is 20.8 Å². The van der Waals surface area contributed by atoms with Crippen molar-refractivity contribution < 1.29 is 4.79 Å². The molecule has 1 aromatic heterocycles. The van der Waals surface area contributed by atoms with E-state index in [1.54, 1.807) is 4.68 Å². The molecule has 0 unspecified atom stereocenters. The van der Waals surface area contributed by atoms with Gasteiger partial charge in [0.05, 0.1) is 22.1 Å². The quantitative estimate of drug-likeness (QED) is 0.687. The predicted molar refractivity (Wildman–Crippen MR) is 102 cm³/mol. The number of para-hydroxylation sites is 1. The minimum Gasteiger partial charge on any atom is -0.308 e. The maximum atomic E-state index is 12.1. The summed E-state index contributed by atoms with van der Waals surface area (Å²) in [6.45, 7) is 5.74. The van der Waals surface area contributed by atoms with Crippen LogP contribution in [0.2, 0.25) is 5.02 Å². The maximum Gasteiger partial charge on any atom is 0.323 e. The number of nitrogens with one attached hydrogen (secondary N) is 2. The molecule has 0 fully saturated rings. The van der Waals surface area contributed by atoms with Crippen LogP contribution < -0.4 is 10.6 Å². The van der Waals surface area contributed by atoms with E-state index in [-0.39, 0.29) is 6.03 Å². The lowest BCUT2D eigenvalue weighted by atomic mass is 10.2. The summed E-state index contributed by atoms with van der Waals surface area (Å²) in [5.41, 5.74) is 5.05. The number of carbonyl (C=O) groups excluding carboxylic acids is 1.